The summed E-state index contributed by atoms with van der Waals surface area (Å²) >= 11 is 0. The number of hydrogen-bond donors (Lipinski definition) is 0. The van der Waals surface area contributed by atoms with Crippen molar-refractivity contribution in [3.8, 4) is 5.75 Å². The van der Waals surface area contributed by atoms with Gasteiger partial charge in [-0.25, -0.2) is 0 Å². The van der Waals surface area contributed by atoms with E-state index >= 15 is 0 Å². The molecule has 3 nitrogen and oxygen atoms in total. The molecule has 1 saturated heterocycles. The third-order valence-electron chi connectivity index (χ3n) is 4.22. The maximum Gasteiger partial charge on any atom is 0.263 e. The van der Waals surface area contributed by atoms with Crippen molar-refractivity contribution in [2.24, 2.45) is 5.41 Å². The molecule has 21 heavy (non-hydrogen) atoms. The molecule has 1 heterocycles. The molecule has 2 rings (SSSR count). The standard InChI is InChI=1S/C18H27NO2/c1-5-15(21-16-10-7-6-9-14(16)2)17(20)19-12-8-11-18(3,4)13-19/h6-7,9-10,15H,5,8,11-13H2,1-4H3. The summed E-state index contributed by atoms with van der Waals surface area (Å²) in [5, 5.41) is 0. The third kappa shape index (κ3) is 3.99. The zero-order chi connectivity index (χ0) is 15.5. The van der Waals surface area contributed by atoms with Crippen LogP contribution in [0.1, 0.15) is 45.6 Å². The monoisotopic (exact) mass is 289 g/mol. The van der Waals surface area contributed by atoms with E-state index in [4.69, 9.17) is 4.74 Å². The second-order valence-electron chi connectivity index (χ2n) is 6.81. The molecule has 1 aliphatic rings. The van der Waals surface area contributed by atoms with Gasteiger partial charge in [0.15, 0.2) is 6.10 Å². The van der Waals surface area contributed by atoms with Crippen LogP contribution in [0.2, 0.25) is 0 Å². The highest BCUT2D eigenvalue weighted by Crippen LogP contribution is 2.29. The van der Waals surface area contributed by atoms with Crippen molar-refractivity contribution in [3.05, 3.63) is 29.8 Å². The molecule has 1 aliphatic heterocycles. The zero-order valence-corrected chi connectivity index (χ0v) is 13.7. The van der Waals surface area contributed by atoms with E-state index in [1.165, 1.54) is 6.42 Å². The maximum absolute atomic E-state index is 12.7. The average molecular weight is 289 g/mol. The lowest BCUT2D eigenvalue weighted by Crippen LogP contribution is -2.48. The Morgan fingerprint density at radius 2 is 2.10 bits per heavy atom. The minimum atomic E-state index is -0.375. The van der Waals surface area contributed by atoms with Crippen molar-refractivity contribution in [2.75, 3.05) is 13.1 Å². The first-order chi connectivity index (χ1) is 9.93. The number of likely N-dealkylation sites (tertiary alicyclic amines) is 1. The highest BCUT2D eigenvalue weighted by molar-refractivity contribution is 5.81. The van der Waals surface area contributed by atoms with Crippen LogP contribution in [-0.2, 0) is 4.79 Å². The molecular weight excluding hydrogens is 262 g/mol. The summed E-state index contributed by atoms with van der Waals surface area (Å²) < 4.78 is 5.99. The average Bonchev–Trinajstić information content (AvgIpc) is 2.44. The number of hydrogen-bond acceptors (Lipinski definition) is 2. The molecule has 1 aromatic carbocycles. The summed E-state index contributed by atoms with van der Waals surface area (Å²) in [5.74, 6) is 0.947. The molecule has 0 spiro atoms. The largest absolute Gasteiger partial charge is 0.480 e. The number of para-hydroxylation sites is 1. The topological polar surface area (TPSA) is 29.5 Å². The molecule has 1 aromatic rings. The number of aryl methyl sites for hydroxylation is 1. The van der Waals surface area contributed by atoms with Gasteiger partial charge in [-0.05, 0) is 43.2 Å². The third-order valence-corrected chi connectivity index (χ3v) is 4.22. The van der Waals surface area contributed by atoms with E-state index in [1.54, 1.807) is 0 Å². The van der Waals surface area contributed by atoms with Crippen molar-refractivity contribution in [1.29, 1.82) is 0 Å². The molecule has 3 heteroatoms. The predicted octanol–water partition coefficient (Wildman–Crippen LogP) is 3.80. The second kappa shape index (κ2) is 6.50. The van der Waals surface area contributed by atoms with Gasteiger partial charge in [0.2, 0.25) is 0 Å². The smallest absolute Gasteiger partial charge is 0.263 e. The molecule has 0 radical (unpaired) electrons. The first kappa shape index (κ1) is 15.9. The summed E-state index contributed by atoms with van der Waals surface area (Å²) in [6, 6.07) is 7.88. The minimum absolute atomic E-state index is 0.133. The van der Waals surface area contributed by atoms with Crippen LogP contribution >= 0.6 is 0 Å². The fraction of sp³-hybridized carbons (Fsp3) is 0.611. The summed E-state index contributed by atoms with van der Waals surface area (Å²) in [4.78, 5) is 14.7. The van der Waals surface area contributed by atoms with Gasteiger partial charge < -0.3 is 9.64 Å². The summed E-state index contributed by atoms with van der Waals surface area (Å²) in [6.07, 6.45) is 2.59. The van der Waals surface area contributed by atoms with Gasteiger partial charge in [0.1, 0.15) is 5.75 Å². The van der Waals surface area contributed by atoms with Crippen molar-refractivity contribution >= 4 is 5.91 Å². The van der Waals surface area contributed by atoms with E-state index in [0.717, 1.165) is 30.8 Å². The fourth-order valence-corrected chi connectivity index (χ4v) is 2.97. The van der Waals surface area contributed by atoms with Gasteiger partial charge in [-0.2, -0.15) is 0 Å². The van der Waals surface area contributed by atoms with Crippen molar-refractivity contribution in [2.45, 2.75) is 53.1 Å². The lowest BCUT2D eigenvalue weighted by Gasteiger charge is -2.39. The SMILES string of the molecule is CCC(Oc1ccccc1C)C(=O)N1CCCC(C)(C)C1. The highest BCUT2D eigenvalue weighted by atomic mass is 16.5. The van der Waals surface area contributed by atoms with Gasteiger partial charge in [0, 0.05) is 13.1 Å². The van der Waals surface area contributed by atoms with Gasteiger partial charge >= 0.3 is 0 Å². The van der Waals surface area contributed by atoms with Gasteiger partial charge in [0.25, 0.3) is 5.91 Å². The first-order valence-electron chi connectivity index (χ1n) is 7.94. The summed E-state index contributed by atoms with van der Waals surface area (Å²) in [7, 11) is 0. The Balaban J connectivity index is 2.07. The van der Waals surface area contributed by atoms with Crippen LogP contribution in [0.5, 0.6) is 5.75 Å². The Hall–Kier alpha value is -1.51. The van der Waals surface area contributed by atoms with Crippen LogP contribution in [-0.4, -0.2) is 30.0 Å². The maximum atomic E-state index is 12.7. The quantitative estimate of drug-likeness (QED) is 0.843. The molecule has 1 atom stereocenters. The molecule has 1 fully saturated rings. The number of rotatable bonds is 4. The molecular formula is C18H27NO2. The molecule has 0 N–H and O–H groups in total. The Kier molecular flexibility index (Phi) is 4.92. The number of carbonyl (C=O) groups excluding carboxylic acids is 1. The van der Waals surface area contributed by atoms with Crippen LogP contribution in [0, 0.1) is 12.3 Å². The van der Waals surface area contributed by atoms with Gasteiger partial charge in [-0.15, -0.1) is 0 Å². The first-order valence-corrected chi connectivity index (χ1v) is 7.94. The Morgan fingerprint density at radius 1 is 1.38 bits per heavy atom. The molecule has 0 aromatic heterocycles. The van der Waals surface area contributed by atoms with Gasteiger partial charge in [-0.3, -0.25) is 4.79 Å². The van der Waals surface area contributed by atoms with Crippen LogP contribution in [0.15, 0.2) is 24.3 Å². The summed E-state index contributed by atoms with van der Waals surface area (Å²) in [6.45, 7) is 10.2. The number of carbonyl (C=O) groups is 1. The van der Waals surface area contributed by atoms with E-state index in [2.05, 4.69) is 13.8 Å². The van der Waals surface area contributed by atoms with Crippen molar-refractivity contribution < 1.29 is 9.53 Å². The van der Waals surface area contributed by atoms with Crippen LogP contribution in [0.4, 0.5) is 0 Å². The molecule has 1 amide bonds. The van der Waals surface area contributed by atoms with Crippen LogP contribution < -0.4 is 4.74 Å². The number of piperidine rings is 1. The lowest BCUT2D eigenvalue weighted by molar-refractivity contribution is -0.142. The predicted molar refractivity (Wildman–Crippen MR) is 85.5 cm³/mol. The lowest BCUT2D eigenvalue weighted by atomic mass is 9.84. The Bertz CT molecular complexity index is 496. The van der Waals surface area contributed by atoms with E-state index in [1.807, 2.05) is 43.0 Å². The number of amides is 1. The van der Waals surface area contributed by atoms with E-state index in [0.29, 0.717) is 6.42 Å². The molecule has 0 bridgehead atoms. The van der Waals surface area contributed by atoms with Gasteiger partial charge in [0.05, 0.1) is 0 Å². The summed E-state index contributed by atoms with van der Waals surface area (Å²) in [5.41, 5.74) is 1.29. The minimum Gasteiger partial charge on any atom is -0.480 e. The Labute approximate surface area is 128 Å². The van der Waals surface area contributed by atoms with Crippen molar-refractivity contribution in [1.82, 2.24) is 4.90 Å². The molecule has 116 valence electrons. The molecule has 0 aliphatic carbocycles. The zero-order valence-electron chi connectivity index (χ0n) is 13.7. The second-order valence-corrected chi connectivity index (χ2v) is 6.81. The Morgan fingerprint density at radius 3 is 2.71 bits per heavy atom. The highest BCUT2D eigenvalue weighted by Gasteiger charge is 2.32. The van der Waals surface area contributed by atoms with E-state index in [-0.39, 0.29) is 17.4 Å². The number of ether oxygens (including phenoxy) is 1. The fourth-order valence-electron chi connectivity index (χ4n) is 2.97. The van der Waals surface area contributed by atoms with Crippen molar-refractivity contribution in [3.63, 3.8) is 0 Å². The van der Waals surface area contributed by atoms with Gasteiger partial charge in [-0.1, -0.05) is 39.0 Å². The van der Waals surface area contributed by atoms with E-state index < -0.39 is 0 Å². The normalized spacial score (nSPS) is 19.1. The van der Waals surface area contributed by atoms with E-state index in [9.17, 15) is 4.79 Å². The number of nitrogens with zero attached hydrogens (tertiary/aromatic N) is 1. The van der Waals surface area contributed by atoms with Crippen LogP contribution in [0.3, 0.4) is 0 Å². The van der Waals surface area contributed by atoms with Crippen LogP contribution in [0.25, 0.3) is 0 Å². The molecule has 1 unspecified atom stereocenters. The molecule has 0 saturated carbocycles. The number of benzene rings is 1.